The van der Waals surface area contributed by atoms with Crippen LogP contribution >= 0.6 is 0 Å². The van der Waals surface area contributed by atoms with E-state index in [1.807, 2.05) is 38.1 Å². The van der Waals surface area contributed by atoms with Gasteiger partial charge in [-0.3, -0.25) is 9.59 Å². The van der Waals surface area contributed by atoms with Crippen LogP contribution in [0.3, 0.4) is 0 Å². The minimum absolute atomic E-state index is 0.0369. The first kappa shape index (κ1) is 22.0. The number of nitrogens with two attached hydrogens (primary N) is 1. The molecule has 1 atom stereocenters. The maximum Gasteiger partial charge on any atom is 0.265 e. The van der Waals surface area contributed by atoms with Gasteiger partial charge in [0.05, 0.1) is 6.04 Å². The Morgan fingerprint density at radius 2 is 1.83 bits per heavy atom. The number of nitrogens with zero attached hydrogens (tertiary/aromatic N) is 2. The van der Waals surface area contributed by atoms with Crippen LogP contribution in [0.4, 0.5) is 0 Å². The highest BCUT2D eigenvalue weighted by Gasteiger charge is 2.33. The minimum Gasteiger partial charge on any atom is -0.364 e. The molecule has 1 fully saturated rings. The molecule has 3 N–H and O–H groups in total. The van der Waals surface area contributed by atoms with E-state index in [2.05, 4.69) is 5.32 Å². The third-order valence-electron chi connectivity index (χ3n) is 5.71. The molecule has 0 unspecified atom stereocenters. The van der Waals surface area contributed by atoms with E-state index in [1.165, 1.54) is 21.1 Å². The molecule has 1 aliphatic rings. The first-order valence-corrected chi connectivity index (χ1v) is 11.4. The van der Waals surface area contributed by atoms with Gasteiger partial charge in [0.1, 0.15) is 10.6 Å². The Bertz CT molecular complexity index is 1050. The van der Waals surface area contributed by atoms with E-state index in [9.17, 15) is 18.0 Å². The molecule has 30 heavy (non-hydrogen) atoms. The molecule has 0 saturated carbocycles. The van der Waals surface area contributed by atoms with Gasteiger partial charge in [-0.1, -0.05) is 24.3 Å². The monoisotopic (exact) mass is 432 g/mol. The molecule has 162 valence electrons. The van der Waals surface area contributed by atoms with Gasteiger partial charge in [-0.25, -0.2) is 8.42 Å². The van der Waals surface area contributed by atoms with Crippen LogP contribution in [0.15, 0.2) is 41.4 Å². The summed E-state index contributed by atoms with van der Waals surface area (Å²) in [5.74, 6) is -0.976. The summed E-state index contributed by atoms with van der Waals surface area (Å²) in [4.78, 5) is 24.2. The fraction of sp³-hybridized carbons (Fsp3) is 0.429. The normalized spacial score (nSPS) is 16.9. The van der Waals surface area contributed by atoms with E-state index in [0.29, 0.717) is 12.8 Å². The molecule has 1 aromatic heterocycles. The van der Waals surface area contributed by atoms with Crippen molar-refractivity contribution in [2.45, 2.75) is 37.6 Å². The number of nitrogens with one attached hydrogen (secondary N) is 1. The summed E-state index contributed by atoms with van der Waals surface area (Å²) in [7, 11) is -2.17. The topological polar surface area (TPSA) is 114 Å². The van der Waals surface area contributed by atoms with Gasteiger partial charge in [-0.2, -0.15) is 4.31 Å². The standard InChI is InChI=1S/C21H28N4O4S/c1-14-6-4-5-7-18(14)15(2)23-21(27)16-8-10-25(11-9-16)30(28,29)17-12-19(20(22)26)24(3)13-17/h4-7,12-13,15-16H,8-11H2,1-3H3,(H2,22,26)(H,23,27)/t15-/m0/s1. The molecule has 9 heteroatoms. The highest BCUT2D eigenvalue weighted by atomic mass is 32.2. The lowest BCUT2D eigenvalue weighted by Crippen LogP contribution is -2.43. The summed E-state index contributed by atoms with van der Waals surface area (Å²) in [5.41, 5.74) is 7.60. The molecule has 1 saturated heterocycles. The Morgan fingerprint density at radius 3 is 2.40 bits per heavy atom. The Morgan fingerprint density at radius 1 is 1.20 bits per heavy atom. The number of benzene rings is 1. The summed E-state index contributed by atoms with van der Waals surface area (Å²) >= 11 is 0. The summed E-state index contributed by atoms with van der Waals surface area (Å²) in [6.45, 7) is 4.46. The van der Waals surface area contributed by atoms with Crippen molar-refractivity contribution in [1.82, 2.24) is 14.2 Å². The molecule has 0 radical (unpaired) electrons. The SMILES string of the molecule is Cc1ccccc1[C@H](C)NC(=O)C1CCN(S(=O)(=O)c2cc(C(N)=O)n(C)c2)CC1. The number of sulfonamides is 1. The molecule has 0 bridgehead atoms. The second kappa shape index (κ2) is 8.61. The Balaban J connectivity index is 1.62. The van der Waals surface area contributed by atoms with Gasteiger partial charge in [0, 0.05) is 32.3 Å². The number of rotatable bonds is 6. The molecule has 2 amide bonds. The Kier molecular flexibility index (Phi) is 6.33. The van der Waals surface area contributed by atoms with Crippen molar-refractivity contribution in [2.24, 2.45) is 18.7 Å². The largest absolute Gasteiger partial charge is 0.364 e. The number of amides is 2. The lowest BCUT2D eigenvalue weighted by atomic mass is 9.96. The van der Waals surface area contributed by atoms with Crippen LogP contribution in [0.1, 0.15) is 47.4 Å². The minimum atomic E-state index is -3.74. The summed E-state index contributed by atoms with van der Waals surface area (Å²) in [6, 6.07) is 9.09. The van der Waals surface area contributed by atoms with Crippen LogP contribution in [0.2, 0.25) is 0 Å². The molecule has 0 aliphatic carbocycles. The van der Waals surface area contributed by atoms with Crippen molar-refractivity contribution in [1.29, 1.82) is 0 Å². The number of aryl methyl sites for hydroxylation is 2. The first-order valence-electron chi connectivity index (χ1n) is 9.93. The van der Waals surface area contributed by atoms with Gasteiger partial charge < -0.3 is 15.6 Å². The van der Waals surface area contributed by atoms with Gasteiger partial charge in [0.25, 0.3) is 5.91 Å². The maximum atomic E-state index is 12.9. The van der Waals surface area contributed by atoms with Crippen LogP contribution in [0.25, 0.3) is 0 Å². The molecule has 1 aliphatic heterocycles. The smallest absolute Gasteiger partial charge is 0.265 e. The third kappa shape index (κ3) is 4.41. The van der Waals surface area contributed by atoms with Gasteiger partial charge >= 0.3 is 0 Å². The number of hydrogen-bond acceptors (Lipinski definition) is 4. The maximum absolute atomic E-state index is 12.9. The molecule has 1 aromatic carbocycles. The van der Waals surface area contributed by atoms with E-state index >= 15 is 0 Å². The highest BCUT2D eigenvalue weighted by molar-refractivity contribution is 7.89. The molecular weight excluding hydrogens is 404 g/mol. The predicted molar refractivity (Wildman–Crippen MR) is 113 cm³/mol. The van der Waals surface area contributed by atoms with Crippen LogP contribution in [-0.4, -0.2) is 42.2 Å². The first-order chi connectivity index (χ1) is 14.1. The number of hydrogen-bond donors (Lipinski definition) is 2. The van der Waals surface area contributed by atoms with E-state index in [4.69, 9.17) is 5.73 Å². The van der Waals surface area contributed by atoms with E-state index in [1.54, 1.807) is 7.05 Å². The quantitative estimate of drug-likeness (QED) is 0.723. The van der Waals surface area contributed by atoms with Crippen LogP contribution in [0.5, 0.6) is 0 Å². The second-order valence-electron chi connectivity index (χ2n) is 7.80. The van der Waals surface area contributed by atoms with Gasteiger partial charge in [0.2, 0.25) is 15.9 Å². The predicted octanol–water partition coefficient (Wildman–Crippen LogP) is 1.71. The van der Waals surface area contributed by atoms with Crippen molar-refractivity contribution < 1.29 is 18.0 Å². The average Bonchev–Trinajstić information content (AvgIpc) is 3.11. The Labute approximate surface area is 177 Å². The van der Waals surface area contributed by atoms with Gasteiger partial charge in [0.15, 0.2) is 0 Å². The summed E-state index contributed by atoms with van der Waals surface area (Å²) < 4.78 is 28.6. The highest BCUT2D eigenvalue weighted by Crippen LogP contribution is 2.26. The number of piperidine rings is 1. The fourth-order valence-electron chi connectivity index (χ4n) is 3.91. The summed E-state index contributed by atoms with van der Waals surface area (Å²) in [6.07, 6.45) is 2.28. The van der Waals surface area contributed by atoms with Crippen LogP contribution < -0.4 is 11.1 Å². The van der Waals surface area contributed by atoms with Crippen molar-refractivity contribution in [3.8, 4) is 0 Å². The fourth-order valence-corrected chi connectivity index (χ4v) is 5.45. The Hall–Kier alpha value is -2.65. The lowest BCUT2D eigenvalue weighted by molar-refractivity contribution is -0.126. The molecule has 2 heterocycles. The van der Waals surface area contributed by atoms with Crippen LogP contribution in [-0.2, 0) is 21.9 Å². The zero-order chi connectivity index (χ0) is 22.1. The molecule has 2 aromatic rings. The second-order valence-corrected chi connectivity index (χ2v) is 9.74. The lowest BCUT2D eigenvalue weighted by Gasteiger charge is -2.31. The van der Waals surface area contributed by atoms with Gasteiger partial charge in [-0.15, -0.1) is 0 Å². The van der Waals surface area contributed by atoms with E-state index < -0.39 is 15.9 Å². The number of carbonyl (C=O) groups is 2. The van der Waals surface area contributed by atoms with Crippen molar-refractivity contribution in [3.63, 3.8) is 0 Å². The molecule has 0 spiro atoms. The van der Waals surface area contributed by atoms with E-state index in [-0.39, 0.29) is 41.5 Å². The van der Waals surface area contributed by atoms with Crippen molar-refractivity contribution in [3.05, 3.63) is 53.3 Å². The van der Waals surface area contributed by atoms with E-state index in [0.717, 1.165) is 11.1 Å². The van der Waals surface area contributed by atoms with Crippen LogP contribution in [0, 0.1) is 12.8 Å². The average molecular weight is 433 g/mol. The summed E-state index contributed by atoms with van der Waals surface area (Å²) in [5, 5.41) is 3.05. The van der Waals surface area contributed by atoms with Crippen molar-refractivity contribution in [2.75, 3.05) is 13.1 Å². The number of primary amides is 1. The molecular formula is C21H28N4O4S. The zero-order valence-corrected chi connectivity index (χ0v) is 18.3. The number of carbonyl (C=O) groups excluding carboxylic acids is 2. The third-order valence-corrected chi connectivity index (χ3v) is 7.57. The number of aromatic nitrogens is 1. The zero-order valence-electron chi connectivity index (χ0n) is 17.5. The molecule has 8 nitrogen and oxygen atoms in total. The van der Waals surface area contributed by atoms with Crippen molar-refractivity contribution >= 4 is 21.8 Å². The molecule has 3 rings (SSSR count). The van der Waals surface area contributed by atoms with Gasteiger partial charge in [-0.05, 0) is 43.9 Å².